The van der Waals surface area contributed by atoms with E-state index in [0.29, 0.717) is 37.2 Å². The highest BCUT2D eigenvalue weighted by Gasteiger charge is 2.22. The topological polar surface area (TPSA) is 111 Å². The van der Waals surface area contributed by atoms with E-state index < -0.39 is 4.92 Å². The van der Waals surface area contributed by atoms with E-state index in [1.165, 1.54) is 24.3 Å². The van der Waals surface area contributed by atoms with Gasteiger partial charge in [0.05, 0.1) is 17.5 Å². The van der Waals surface area contributed by atoms with Crippen LogP contribution in [-0.2, 0) is 9.59 Å². The van der Waals surface area contributed by atoms with Crippen LogP contribution in [0.25, 0.3) is 0 Å². The molecule has 0 spiro atoms. The summed E-state index contributed by atoms with van der Waals surface area (Å²) in [5, 5.41) is 13.8. The third-order valence-electron chi connectivity index (χ3n) is 5.38. The molecule has 1 fully saturated rings. The molecule has 1 heterocycles. The van der Waals surface area contributed by atoms with Crippen molar-refractivity contribution >= 4 is 29.0 Å². The summed E-state index contributed by atoms with van der Waals surface area (Å²) in [4.78, 5) is 36.7. The number of hydrogen-bond donors (Lipinski definition) is 1. The molecule has 1 N–H and O–H groups in total. The Labute approximate surface area is 200 Å². The van der Waals surface area contributed by atoms with Crippen molar-refractivity contribution in [1.29, 1.82) is 0 Å². The Kier molecular flexibility index (Phi) is 8.78. The number of nitro benzene ring substituents is 1. The summed E-state index contributed by atoms with van der Waals surface area (Å²) in [6, 6.07) is 8.38. The lowest BCUT2D eigenvalue weighted by Crippen LogP contribution is -2.47. The second kappa shape index (κ2) is 11.8. The maximum atomic E-state index is 13.6. The van der Waals surface area contributed by atoms with Crippen LogP contribution in [0, 0.1) is 22.9 Å². The predicted molar refractivity (Wildman–Crippen MR) is 123 cm³/mol. The summed E-state index contributed by atoms with van der Waals surface area (Å²) >= 11 is 5.76. The summed E-state index contributed by atoms with van der Waals surface area (Å²) in [6.07, 6.45) is 1.32. The number of likely N-dealkylation sites (tertiary alicyclic amines) is 1. The minimum absolute atomic E-state index is 0.0114. The van der Waals surface area contributed by atoms with Crippen molar-refractivity contribution in [2.45, 2.75) is 25.8 Å². The number of carbonyl (C=O) groups excluding carboxylic acids is 2. The van der Waals surface area contributed by atoms with Crippen molar-refractivity contribution in [3.05, 3.63) is 62.9 Å². The molecule has 2 aromatic rings. The zero-order chi connectivity index (χ0) is 24.7. The Balaban J connectivity index is 1.35. The van der Waals surface area contributed by atoms with E-state index in [4.69, 9.17) is 21.1 Å². The molecule has 1 aliphatic rings. The molecule has 1 amide bonds. The number of nitrogens with one attached hydrogen (secondary N) is 1. The summed E-state index contributed by atoms with van der Waals surface area (Å²) in [5.74, 6) is -0.350. The zero-order valence-electron chi connectivity index (χ0n) is 18.6. The van der Waals surface area contributed by atoms with Crippen LogP contribution in [0.15, 0.2) is 36.4 Å². The van der Waals surface area contributed by atoms with Crippen LogP contribution in [0.2, 0.25) is 5.02 Å². The van der Waals surface area contributed by atoms with Gasteiger partial charge in [0, 0.05) is 25.2 Å². The molecule has 9 nitrogen and oxygen atoms in total. The van der Waals surface area contributed by atoms with Crippen molar-refractivity contribution < 1.29 is 28.4 Å². The summed E-state index contributed by atoms with van der Waals surface area (Å²) in [7, 11) is 0. The number of amides is 1. The zero-order valence-corrected chi connectivity index (χ0v) is 19.3. The molecule has 0 aromatic heterocycles. The lowest BCUT2D eigenvalue weighted by atomic mass is 10.0. The van der Waals surface area contributed by atoms with Gasteiger partial charge in [-0.25, -0.2) is 4.39 Å². The second-order valence-corrected chi connectivity index (χ2v) is 8.42. The molecule has 3 rings (SSSR count). The van der Waals surface area contributed by atoms with E-state index in [2.05, 4.69) is 5.32 Å². The maximum absolute atomic E-state index is 13.6. The van der Waals surface area contributed by atoms with Crippen LogP contribution < -0.4 is 14.8 Å². The van der Waals surface area contributed by atoms with Crippen molar-refractivity contribution in [1.82, 2.24) is 10.2 Å². The quantitative estimate of drug-likeness (QED) is 0.399. The Morgan fingerprint density at radius 1 is 1.15 bits per heavy atom. The standard InChI is InChI=1S/C23H25ClFN3O6/c1-15-2-3-18(10-21(15)25)33-13-17(29)12-27-8-6-16(7-9-27)26-23(30)14-34-19-4-5-20(24)22(11-19)28(31)32/h2-5,10-11,16H,6-9,12-14H2,1H3,(H,26,30). The number of ether oxygens (including phenoxy) is 2. The Hall–Kier alpha value is -3.24. The molecular weight excluding hydrogens is 469 g/mol. The molecule has 0 radical (unpaired) electrons. The number of hydrogen-bond acceptors (Lipinski definition) is 7. The number of aryl methyl sites for hydroxylation is 1. The Bertz CT molecular complexity index is 1060. The molecule has 1 aliphatic heterocycles. The van der Waals surface area contributed by atoms with Crippen molar-refractivity contribution in [3.63, 3.8) is 0 Å². The van der Waals surface area contributed by atoms with E-state index in [0.717, 1.165) is 0 Å². The molecule has 182 valence electrons. The van der Waals surface area contributed by atoms with Crippen LogP contribution in [-0.4, -0.2) is 60.4 Å². The second-order valence-electron chi connectivity index (χ2n) is 8.02. The fraction of sp³-hybridized carbons (Fsp3) is 0.391. The number of carbonyl (C=O) groups is 2. The molecule has 0 atom stereocenters. The fourth-order valence-electron chi connectivity index (χ4n) is 3.50. The number of benzene rings is 2. The fourth-order valence-corrected chi connectivity index (χ4v) is 3.68. The largest absolute Gasteiger partial charge is 0.486 e. The number of Topliss-reactive ketones (excluding diaryl/α,β-unsaturated/α-hetero) is 1. The van der Waals surface area contributed by atoms with Gasteiger partial charge in [-0.1, -0.05) is 17.7 Å². The Morgan fingerprint density at radius 2 is 1.79 bits per heavy atom. The molecule has 0 saturated carbocycles. The average molecular weight is 494 g/mol. The highest BCUT2D eigenvalue weighted by Crippen LogP contribution is 2.28. The number of rotatable bonds is 10. The van der Waals surface area contributed by atoms with E-state index in [1.54, 1.807) is 19.1 Å². The van der Waals surface area contributed by atoms with E-state index in [1.807, 2.05) is 4.90 Å². The van der Waals surface area contributed by atoms with Crippen LogP contribution in [0.4, 0.5) is 10.1 Å². The SMILES string of the molecule is Cc1ccc(OCC(=O)CN2CCC(NC(=O)COc3ccc(Cl)c([N+](=O)[O-])c3)CC2)cc1F. The highest BCUT2D eigenvalue weighted by molar-refractivity contribution is 6.32. The highest BCUT2D eigenvalue weighted by atomic mass is 35.5. The molecule has 0 aliphatic carbocycles. The molecule has 0 unspecified atom stereocenters. The Morgan fingerprint density at radius 3 is 2.47 bits per heavy atom. The molecule has 0 bridgehead atoms. The minimum atomic E-state index is -0.623. The predicted octanol–water partition coefficient (Wildman–Crippen LogP) is 3.30. The van der Waals surface area contributed by atoms with Gasteiger partial charge >= 0.3 is 0 Å². The maximum Gasteiger partial charge on any atom is 0.291 e. The number of ketones is 1. The number of halogens is 2. The van der Waals surface area contributed by atoms with Crippen LogP contribution in [0.3, 0.4) is 0 Å². The van der Waals surface area contributed by atoms with Crippen molar-refractivity contribution in [3.8, 4) is 11.5 Å². The lowest BCUT2D eigenvalue weighted by Gasteiger charge is -2.31. The molecule has 1 saturated heterocycles. The first kappa shape index (κ1) is 25.4. The van der Waals surface area contributed by atoms with Gasteiger partial charge in [-0.3, -0.25) is 24.6 Å². The van der Waals surface area contributed by atoms with Gasteiger partial charge in [0.15, 0.2) is 12.4 Å². The average Bonchev–Trinajstić information content (AvgIpc) is 2.80. The van der Waals surface area contributed by atoms with E-state index >= 15 is 0 Å². The third kappa shape index (κ3) is 7.39. The van der Waals surface area contributed by atoms with Gasteiger partial charge in [0.1, 0.15) is 28.9 Å². The first-order valence-corrected chi connectivity index (χ1v) is 11.1. The first-order valence-electron chi connectivity index (χ1n) is 10.7. The van der Waals surface area contributed by atoms with Crippen LogP contribution in [0.5, 0.6) is 11.5 Å². The van der Waals surface area contributed by atoms with Gasteiger partial charge in [0.2, 0.25) is 0 Å². The van der Waals surface area contributed by atoms with E-state index in [-0.39, 0.29) is 59.8 Å². The van der Waals surface area contributed by atoms with Gasteiger partial charge in [0.25, 0.3) is 11.6 Å². The monoisotopic (exact) mass is 493 g/mol. The summed E-state index contributed by atoms with van der Waals surface area (Å²) < 4.78 is 24.3. The summed E-state index contributed by atoms with van der Waals surface area (Å²) in [6.45, 7) is 2.69. The molecule has 34 heavy (non-hydrogen) atoms. The number of nitro groups is 1. The molecule has 11 heteroatoms. The normalized spacial score (nSPS) is 14.4. The van der Waals surface area contributed by atoms with Gasteiger partial charge in [-0.2, -0.15) is 0 Å². The van der Waals surface area contributed by atoms with Gasteiger partial charge in [-0.05, 0) is 43.5 Å². The van der Waals surface area contributed by atoms with Crippen LogP contribution in [0.1, 0.15) is 18.4 Å². The third-order valence-corrected chi connectivity index (χ3v) is 5.70. The lowest BCUT2D eigenvalue weighted by molar-refractivity contribution is -0.384. The van der Waals surface area contributed by atoms with E-state index in [9.17, 15) is 24.1 Å². The number of nitrogens with zero attached hydrogens (tertiary/aromatic N) is 2. The first-order chi connectivity index (χ1) is 16.2. The smallest absolute Gasteiger partial charge is 0.291 e. The van der Waals surface area contributed by atoms with Gasteiger partial charge in [-0.15, -0.1) is 0 Å². The van der Waals surface area contributed by atoms with Crippen molar-refractivity contribution in [2.75, 3.05) is 32.8 Å². The number of piperidine rings is 1. The van der Waals surface area contributed by atoms with Gasteiger partial charge < -0.3 is 14.8 Å². The summed E-state index contributed by atoms with van der Waals surface area (Å²) in [5.41, 5.74) is 0.215. The van der Waals surface area contributed by atoms with Crippen molar-refractivity contribution in [2.24, 2.45) is 0 Å². The molecule has 2 aromatic carbocycles. The molecular formula is C23H25ClFN3O6. The van der Waals surface area contributed by atoms with Crippen LogP contribution >= 0.6 is 11.6 Å². The minimum Gasteiger partial charge on any atom is -0.486 e.